The molecular weight excluding hydrogens is 384 g/mol. The van der Waals surface area contributed by atoms with Gasteiger partial charge in [-0.3, -0.25) is 9.59 Å². The molecule has 3 aromatic rings. The molecule has 2 amide bonds. The van der Waals surface area contributed by atoms with Crippen molar-refractivity contribution in [3.63, 3.8) is 0 Å². The highest BCUT2D eigenvalue weighted by Gasteiger charge is 2.30. The van der Waals surface area contributed by atoms with Gasteiger partial charge in [-0.15, -0.1) is 0 Å². The number of amides is 2. The number of piperazine rings is 1. The first kappa shape index (κ1) is 16.8. The molecule has 1 N–H and O–H groups in total. The first-order chi connectivity index (χ1) is 13.1. The molecule has 0 radical (unpaired) electrons. The Bertz CT molecular complexity index is 1060. The van der Waals surface area contributed by atoms with Gasteiger partial charge in [0.1, 0.15) is 0 Å². The zero-order valence-electron chi connectivity index (χ0n) is 14.4. The number of hydrogen-bond donors (Lipinski definition) is 1. The van der Waals surface area contributed by atoms with Crippen LogP contribution < -0.4 is 5.32 Å². The van der Waals surface area contributed by atoms with Crippen molar-refractivity contribution in [2.45, 2.75) is 18.8 Å². The highest BCUT2D eigenvalue weighted by atomic mass is 35.5. The number of aromatic nitrogens is 2. The summed E-state index contributed by atoms with van der Waals surface area (Å²) >= 11 is 8.23. The van der Waals surface area contributed by atoms with Crippen molar-refractivity contribution in [1.82, 2.24) is 19.8 Å². The van der Waals surface area contributed by atoms with Crippen molar-refractivity contribution in [3.05, 3.63) is 45.2 Å². The number of rotatable bonds is 3. The van der Waals surface area contributed by atoms with E-state index in [4.69, 9.17) is 11.6 Å². The second-order valence-corrected chi connectivity index (χ2v) is 8.15. The summed E-state index contributed by atoms with van der Waals surface area (Å²) in [5.41, 5.74) is 4.18. The maximum absolute atomic E-state index is 13.0. The lowest BCUT2D eigenvalue weighted by Gasteiger charge is -2.25. The molecule has 27 heavy (non-hydrogen) atoms. The van der Waals surface area contributed by atoms with Crippen LogP contribution in [-0.4, -0.2) is 46.0 Å². The van der Waals surface area contributed by atoms with Crippen LogP contribution >= 0.6 is 22.9 Å². The molecule has 0 aromatic carbocycles. The maximum Gasteiger partial charge on any atom is 0.276 e. The van der Waals surface area contributed by atoms with E-state index in [2.05, 4.69) is 21.9 Å². The van der Waals surface area contributed by atoms with Gasteiger partial charge in [0.25, 0.3) is 5.91 Å². The molecular formula is C19H17ClN4O2S. The van der Waals surface area contributed by atoms with Crippen molar-refractivity contribution in [2.24, 2.45) is 0 Å². The summed E-state index contributed by atoms with van der Waals surface area (Å²) in [6.45, 7) is 0.939. The lowest BCUT2D eigenvalue weighted by molar-refractivity contribution is -0.123. The lowest BCUT2D eigenvalue weighted by Crippen LogP contribution is -2.50. The second-order valence-electron chi connectivity index (χ2n) is 7.00. The highest BCUT2D eigenvalue weighted by molar-refractivity contribution is 7.08. The van der Waals surface area contributed by atoms with Crippen LogP contribution in [0.4, 0.5) is 0 Å². The Morgan fingerprint density at radius 3 is 2.89 bits per heavy atom. The molecule has 1 saturated heterocycles. The number of fused-ring (bicyclic) bond motifs is 1. The minimum atomic E-state index is -0.303. The third-order valence-corrected chi connectivity index (χ3v) is 6.15. The molecule has 0 spiro atoms. The standard InChI is InChI=1S/C19H17ClN4O2S/c20-17-15-8-13(11-1-2-11)7-14(12-3-6-27-10-12)24(15)22-18(17)19(26)23-5-4-21-16(25)9-23/h3,6-8,10-11H,1-2,4-5,9H2,(H,21,25). The van der Waals surface area contributed by atoms with Crippen LogP contribution in [0.15, 0.2) is 29.0 Å². The van der Waals surface area contributed by atoms with Crippen molar-refractivity contribution in [1.29, 1.82) is 0 Å². The zero-order valence-corrected chi connectivity index (χ0v) is 16.0. The largest absolute Gasteiger partial charge is 0.353 e. The molecule has 6 nitrogen and oxygen atoms in total. The predicted molar refractivity (Wildman–Crippen MR) is 104 cm³/mol. The van der Waals surface area contributed by atoms with Crippen LogP contribution in [0.1, 0.15) is 34.8 Å². The molecule has 1 aliphatic heterocycles. The zero-order chi connectivity index (χ0) is 18.5. The summed E-state index contributed by atoms with van der Waals surface area (Å²) in [7, 11) is 0. The molecule has 5 rings (SSSR count). The predicted octanol–water partition coefficient (Wildman–Crippen LogP) is 3.17. The quantitative estimate of drug-likeness (QED) is 0.734. The number of hydrogen-bond acceptors (Lipinski definition) is 4. The normalized spacial score (nSPS) is 17.4. The van der Waals surface area contributed by atoms with Gasteiger partial charge in [0.2, 0.25) is 5.91 Å². The van der Waals surface area contributed by atoms with E-state index in [1.54, 1.807) is 15.9 Å². The molecule has 8 heteroatoms. The maximum atomic E-state index is 13.0. The molecule has 3 aromatic heterocycles. The molecule has 4 heterocycles. The van der Waals surface area contributed by atoms with E-state index in [0.29, 0.717) is 24.0 Å². The Labute approximate surface area is 164 Å². The van der Waals surface area contributed by atoms with Crippen molar-refractivity contribution in [2.75, 3.05) is 19.6 Å². The van der Waals surface area contributed by atoms with Gasteiger partial charge in [-0.05, 0) is 47.9 Å². The van der Waals surface area contributed by atoms with Crippen molar-refractivity contribution >= 4 is 40.3 Å². The van der Waals surface area contributed by atoms with Gasteiger partial charge in [0, 0.05) is 24.0 Å². The molecule has 1 aliphatic carbocycles. The van der Waals surface area contributed by atoms with Gasteiger partial charge in [0.05, 0.1) is 22.8 Å². The third kappa shape index (κ3) is 2.91. The van der Waals surface area contributed by atoms with E-state index in [-0.39, 0.29) is 24.1 Å². The Morgan fingerprint density at radius 1 is 1.33 bits per heavy atom. The first-order valence-corrected chi connectivity index (χ1v) is 10.2. The summed E-state index contributed by atoms with van der Waals surface area (Å²) < 4.78 is 1.76. The number of halogens is 1. The summed E-state index contributed by atoms with van der Waals surface area (Å²) in [6, 6.07) is 6.24. The van der Waals surface area contributed by atoms with E-state index in [0.717, 1.165) is 16.8 Å². The molecule has 2 aliphatic rings. The molecule has 1 saturated carbocycles. The summed E-state index contributed by atoms with van der Waals surface area (Å²) in [5.74, 6) is 0.0931. The summed E-state index contributed by atoms with van der Waals surface area (Å²) in [4.78, 5) is 26.1. The lowest BCUT2D eigenvalue weighted by atomic mass is 10.1. The highest BCUT2D eigenvalue weighted by Crippen LogP contribution is 2.43. The Kier molecular flexibility index (Phi) is 3.94. The molecule has 0 bridgehead atoms. The Balaban J connectivity index is 1.64. The van der Waals surface area contributed by atoms with Gasteiger partial charge < -0.3 is 10.2 Å². The minimum absolute atomic E-state index is 0.0355. The monoisotopic (exact) mass is 400 g/mol. The molecule has 0 atom stereocenters. The van der Waals surface area contributed by atoms with Crippen LogP contribution in [-0.2, 0) is 4.79 Å². The van der Waals surface area contributed by atoms with Crippen molar-refractivity contribution in [3.8, 4) is 11.3 Å². The molecule has 138 valence electrons. The van der Waals surface area contributed by atoms with Crippen LogP contribution in [0.5, 0.6) is 0 Å². The molecule has 2 fully saturated rings. The number of pyridine rings is 1. The Morgan fingerprint density at radius 2 is 2.19 bits per heavy atom. The summed E-state index contributed by atoms with van der Waals surface area (Å²) in [5, 5.41) is 11.7. The number of nitrogens with zero attached hydrogens (tertiary/aromatic N) is 3. The third-order valence-electron chi connectivity index (χ3n) is 5.09. The number of thiophene rings is 1. The average Bonchev–Trinajstić information content (AvgIpc) is 3.28. The van der Waals surface area contributed by atoms with Crippen LogP contribution in [0.2, 0.25) is 5.02 Å². The number of carbonyl (C=O) groups is 2. The second kappa shape index (κ2) is 6.35. The molecule has 0 unspecified atom stereocenters. The smallest absolute Gasteiger partial charge is 0.276 e. The van der Waals surface area contributed by atoms with E-state index < -0.39 is 0 Å². The first-order valence-electron chi connectivity index (χ1n) is 8.92. The fourth-order valence-corrected chi connectivity index (χ4v) is 4.41. The van der Waals surface area contributed by atoms with Gasteiger partial charge >= 0.3 is 0 Å². The average molecular weight is 401 g/mol. The van der Waals surface area contributed by atoms with Crippen molar-refractivity contribution < 1.29 is 9.59 Å². The fraction of sp³-hybridized carbons (Fsp3) is 0.316. The van der Waals surface area contributed by atoms with Crippen LogP contribution in [0, 0.1) is 0 Å². The number of nitrogens with one attached hydrogen (secondary N) is 1. The van der Waals surface area contributed by atoms with Gasteiger partial charge in [0.15, 0.2) is 5.69 Å². The Hall–Kier alpha value is -2.38. The SMILES string of the molecule is O=C1CN(C(=O)c2nn3c(-c4ccsc4)cc(C4CC4)cc3c2Cl)CCN1. The van der Waals surface area contributed by atoms with E-state index in [1.165, 1.54) is 23.3 Å². The van der Waals surface area contributed by atoms with Crippen LogP contribution in [0.25, 0.3) is 16.8 Å². The topological polar surface area (TPSA) is 66.7 Å². The van der Waals surface area contributed by atoms with E-state index >= 15 is 0 Å². The number of carbonyl (C=O) groups excluding carboxylic acids is 2. The van der Waals surface area contributed by atoms with Gasteiger partial charge in [-0.2, -0.15) is 16.4 Å². The minimum Gasteiger partial charge on any atom is -0.353 e. The van der Waals surface area contributed by atoms with Crippen LogP contribution in [0.3, 0.4) is 0 Å². The van der Waals surface area contributed by atoms with Gasteiger partial charge in [-0.1, -0.05) is 11.6 Å². The van der Waals surface area contributed by atoms with E-state index in [9.17, 15) is 9.59 Å². The van der Waals surface area contributed by atoms with Gasteiger partial charge in [-0.25, -0.2) is 4.52 Å². The van der Waals surface area contributed by atoms with E-state index in [1.807, 2.05) is 17.5 Å². The summed E-state index contributed by atoms with van der Waals surface area (Å²) in [6.07, 6.45) is 2.36. The fourth-order valence-electron chi connectivity index (χ4n) is 3.51.